The zero-order valence-electron chi connectivity index (χ0n) is 16.0. The van der Waals surface area contributed by atoms with Crippen molar-refractivity contribution >= 4 is 16.8 Å². The van der Waals surface area contributed by atoms with Crippen molar-refractivity contribution in [3.8, 4) is 11.5 Å². The van der Waals surface area contributed by atoms with E-state index in [0.717, 1.165) is 16.6 Å². The largest absolute Gasteiger partial charge is 0.493 e. The molecule has 3 aromatic rings. The number of para-hydroxylation sites is 1. The molecule has 7 nitrogen and oxygen atoms in total. The quantitative estimate of drug-likeness (QED) is 0.687. The second-order valence-corrected chi connectivity index (χ2v) is 7.04. The van der Waals surface area contributed by atoms with Gasteiger partial charge in [0.1, 0.15) is 18.0 Å². The molecule has 1 saturated heterocycles. The van der Waals surface area contributed by atoms with E-state index < -0.39 is 18.0 Å². The summed E-state index contributed by atoms with van der Waals surface area (Å²) in [5, 5.41) is 18.6. The van der Waals surface area contributed by atoms with Gasteiger partial charge in [0.05, 0.1) is 31.3 Å². The zero-order chi connectivity index (χ0) is 20.4. The van der Waals surface area contributed by atoms with Crippen LogP contribution in [0, 0.1) is 5.82 Å². The van der Waals surface area contributed by atoms with Gasteiger partial charge >= 0.3 is 0 Å². The predicted molar refractivity (Wildman–Crippen MR) is 104 cm³/mol. The number of halogens is 1. The molecule has 8 heteroatoms. The Labute approximate surface area is 167 Å². The molecule has 152 valence electrons. The van der Waals surface area contributed by atoms with Crippen LogP contribution in [0.4, 0.5) is 4.39 Å². The molecule has 0 aliphatic carbocycles. The number of aliphatic hydroxyl groups excluding tert-OH is 1. The molecule has 1 amide bonds. The highest BCUT2D eigenvalue weighted by Crippen LogP contribution is 2.30. The summed E-state index contributed by atoms with van der Waals surface area (Å²) in [4.78, 5) is 14.3. The molecule has 2 aromatic carbocycles. The normalized spacial score (nSPS) is 19.3. The van der Waals surface area contributed by atoms with Gasteiger partial charge in [-0.3, -0.25) is 9.89 Å². The lowest BCUT2D eigenvalue weighted by atomic mass is 10.0. The Morgan fingerprint density at radius 1 is 1.31 bits per heavy atom. The van der Waals surface area contributed by atoms with E-state index in [0.29, 0.717) is 18.7 Å². The fraction of sp³-hybridized carbons (Fsp3) is 0.333. The van der Waals surface area contributed by atoms with Crippen molar-refractivity contribution in [3.63, 3.8) is 0 Å². The van der Waals surface area contributed by atoms with Crippen LogP contribution in [0.15, 0.2) is 42.5 Å². The third kappa shape index (κ3) is 4.02. The first-order valence-corrected chi connectivity index (χ1v) is 9.43. The van der Waals surface area contributed by atoms with Gasteiger partial charge in [-0.25, -0.2) is 4.39 Å². The van der Waals surface area contributed by atoms with E-state index in [9.17, 15) is 14.3 Å². The highest BCUT2D eigenvalue weighted by molar-refractivity contribution is 5.87. The van der Waals surface area contributed by atoms with Crippen molar-refractivity contribution in [2.24, 2.45) is 0 Å². The maximum Gasteiger partial charge on any atom is 0.228 e. The number of likely N-dealkylation sites (tertiary alicyclic amines) is 1. The number of benzene rings is 2. The zero-order valence-corrected chi connectivity index (χ0v) is 16.0. The Morgan fingerprint density at radius 2 is 2.14 bits per heavy atom. The maximum absolute atomic E-state index is 13.3. The van der Waals surface area contributed by atoms with Gasteiger partial charge in [0, 0.05) is 24.4 Å². The number of β-amino-alcohol motifs (C(OH)–C–C–N with tert-alkyl or cyclic N) is 1. The number of H-pyrrole nitrogens is 1. The number of aromatic amines is 1. The van der Waals surface area contributed by atoms with Crippen molar-refractivity contribution in [2.75, 3.05) is 20.2 Å². The fourth-order valence-corrected chi connectivity index (χ4v) is 3.59. The number of aliphatic hydroxyl groups is 1. The molecule has 1 fully saturated rings. The molecule has 2 heterocycles. The third-order valence-corrected chi connectivity index (χ3v) is 5.15. The summed E-state index contributed by atoms with van der Waals surface area (Å²) in [5.41, 5.74) is 1.57. The smallest absolute Gasteiger partial charge is 0.228 e. The van der Waals surface area contributed by atoms with Gasteiger partial charge in [-0.05, 0) is 18.2 Å². The second-order valence-electron chi connectivity index (χ2n) is 7.04. The molecule has 1 aromatic heterocycles. The molecule has 1 aliphatic heterocycles. The highest BCUT2D eigenvalue weighted by Gasteiger charge is 2.32. The SMILES string of the molecule is COc1cc(F)ccc1O[C@@H]1CCN(C(=O)Cc2[nH]nc3ccccc23)C[C@H]1O. The molecule has 29 heavy (non-hydrogen) atoms. The monoisotopic (exact) mass is 399 g/mol. The number of hydrogen-bond acceptors (Lipinski definition) is 5. The number of amides is 1. The van der Waals surface area contributed by atoms with Gasteiger partial charge < -0.3 is 19.5 Å². The van der Waals surface area contributed by atoms with E-state index in [4.69, 9.17) is 9.47 Å². The highest BCUT2D eigenvalue weighted by atomic mass is 19.1. The Morgan fingerprint density at radius 3 is 2.93 bits per heavy atom. The van der Waals surface area contributed by atoms with Crippen LogP contribution >= 0.6 is 0 Å². The van der Waals surface area contributed by atoms with E-state index in [2.05, 4.69) is 10.2 Å². The van der Waals surface area contributed by atoms with Crippen LogP contribution in [-0.4, -0.2) is 58.5 Å². The van der Waals surface area contributed by atoms with Crippen molar-refractivity contribution in [1.82, 2.24) is 15.1 Å². The minimum Gasteiger partial charge on any atom is -0.493 e. The molecule has 2 atom stereocenters. The number of aromatic nitrogens is 2. The van der Waals surface area contributed by atoms with Crippen LogP contribution in [0.2, 0.25) is 0 Å². The van der Waals surface area contributed by atoms with Crippen molar-refractivity contribution < 1.29 is 23.8 Å². The number of ether oxygens (including phenoxy) is 2. The molecule has 0 bridgehead atoms. The van der Waals surface area contributed by atoms with Crippen molar-refractivity contribution in [1.29, 1.82) is 0 Å². The van der Waals surface area contributed by atoms with Gasteiger partial charge in [0.2, 0.25) is 5.91 Å². The van der Waals surface area contributed by atoms with Crippen LogP contribution in [0.3, 0.4) is 0 Å². The molecule has 1 aliphatic rings. The Balaban J connectivity index is 1.39. The standard InChI is InChI=1S/C21H22FN3O4/c1-28-20-10-13(22)6-7-19(20)29-18-8-9-25(12-17(18)26)21(27)11-16-14-4-2-3-5-15(14)23-24-16/h2-7,10,17-18,26H,8-9,11-12H2,1H3,(H,23,24)/t17-,18-/m1/s1. The first-order valence-electron chi connectivity index (χ1n) is 9.43. The van der Waals surface area contributed by atoms with Crippen LogP contribution in [0.1, 0.15) is 12.1 Å². The number of carbonyl (C=O) groups is 1. The topological polar surface area (TPSA) is 87.7 Å². The average molecular weight is 399 g/mol. The van der Waals surface area contributed by atoms with Gasteiger partial charge in [0.25, 0.3) is 0 Å². The first-order chi connectivity index (χ1) is 14.0. The minimum absolute atomic E-state index is 0.0868. The summed E-state index contributed by atoms with van der Waals surface area (Å²) >= 11 is 0. The van der Waals surface area contributed by atoms with E-state index in [1.807, 2.05) is 24.3 Å². The van der Waals surface area contributed by atoms with Crippen LogP contribution in [0.5, 0.6) is 11.5 Å². The second kappa shape index (κ2) is 8.08. The van der Waals surface area contributed by atoms with Gasteiger partial charge in [-0.15, -0.1) is 0 Å². The number of carbonyl (C=O) groups excluding carboxylic acids is 1. The summed E-state index contributed by atoms with van der Waals surface area (Å²) in [6, 6.07) is 11.6. The van der Waals surface area contributed by atoms with Crippen LogP contribution in [-0.2, 0) is 11.2 Å². The number of rotatable bonds is 5. The molecular weight excluding hydrogens is 377 g/mol. The number of methoxy groups -OCH3 is 1. The number of fused-ring (bicyclic) bond motifs is 1. The average Bonchev–Trinajstić information content (AvgIpc) is 3.13. The van der Waals surface area contributed by atoms with E-state index in [1.54, 1.807) is 4.90 Å². The summed E-state index contributed by atoms with van der Waals surface area (Å²) in [6.07, 6.45) is -0.728. The van der Waals surface area contributed by atoms with E-state index >= 15 is 0 Å². The molecule has 2 N–H and O–H groups in total. The number of nitrogens with zero attached hydrogens (tertiary/aromatic N) is 2. The summed E-state index contributed by atoms with van der Waals surface area (Å²) in [5.74, 6) is 0.112. The van der Waals surface area contributed by atoms with E-state index in [-0.39, 0.29) is 24.6 Å². The Kier molecular flexibility index (Phi) is 5.35. The lowest BCUT2D eigenvalue weighted by molar-refractivity contribution is -0.136. The van der Waals surface area contributed by atoms with Crippen molar-refractivity contribution in [2.45, 2.75) is 25.0 Å². The molecule has 0 radical (unpaired) electrons. The maximum atomic E-state index is 13.3. The number of piperidine rings is 1. The molecule has 0 saturated carbocycles. The Bertz CT molecular complexity index is 1020. The molecule has 0 unspecified atom stereocenters. The van der Waals surface area contributed by atoms with Gasteiger partial charge in [-0.1, -0.05) is 18.2 Å². The number of hydrogen-bond donors (Lipinski definition) is 2. The van der Waals surface area contributed by atoms with Gasteiger partial charge in [0.15, 0.2) is 11.5 Å². The lowest BCUT2D eigenvalue weighted by Gasteiger charge is -2.36. The summed E-state index contributed by atoms with van der Waals surface area (Å²) in [6.45, 7) is 0.620. The Hall–Kier alpha value is -3.13. The molecule has 0 spiro atoms. The molecule has 4 rings (SSSR count). The lowest BCUT2D eigenvalue weighted by Crippen LogP contribution is -2.51. The van der Waals surface area contributed by atoms with Crippen LogP contribution < -0.4 is 9.47 Å². The summed E-state index contributed by atoms with van der Waals surface area (Å²) < 4.78 is 24.3. The first kappa shape index (κ1) is 19.2. The van der Waals surface area contributed by atoms with Gasteiger partial charge in [-0.2, -0.15) is 5.10 Å². The van der Waals surface area contributed by atoms with Crippen molar-refractivity contribution in [3.05, 3.63) is 54.0 Å². The number of nitrogens with one attached hydrogen (secondary N) is 1. The summed E-state index contributed by atoms with van der Waals surface area (Å²) in [7, 11) is 1.43. The van der Waals surface area contributed by atoms with Crippen LogP contribution in [0.25, 0.3) is 10.9 Å². The van der Waals surface area contributed by atoms with E-state index in [1.165, 1.54) is 25.3 Å². The predicted octanol–water partition coefficient (Wildman–Crippen LogP) is 2.29. The fourth-order valence-electron chi connectivity index (χ4n) is 3.59. The minimum atomic E-state index is -0.860. The third-order valence-electron chi connectivity index (χ3n) is 5.15. The molecular formula is C21H22FN3O4.